The van der Waals surface area contributed by atoms with Crippen LogP contribution in [0.2, 0.25) is 5.02 Å². The fraction of sp³-hybridized carbons (Fsp3) is 0.308. The molecule has 1 saturated heterocycles. The molecule has 1 aliphatic rings. The monoisotopic (exact) mass is 574 g/mol. The molecule has 1 unspecified atom stereocenters. The summed E-state index contributed by atoms with van der Waals surface area (Å²) in [6, 6.07) is 4.00. The zero-order valence-electron chi connectivity index (χ0n) is 21.2. The van der Waals surface area contributed by atoms with Gasteiger partial charge >= 0.3 is 6.01 Å². The lowest BCUT2D eigenvalue weighted by atomic mass is 10.0. The molecule has 3 heterocycles. The first-order valence-electron chi connectivity index (χ1n) is 12.0. The highest BCUT2D eigenvalue weighted by molar-refractivity contribution is 7.22. The number of methoxy groups -OCH3 is 2. The second-order valence-electron chi connectivity index (χ2n) is 8.92. The molecule has 2 N–H and O–H groups in total. The van der Waals surface area contributed by atoms with Crippen LogP contribution in [-0.2, 0) is 9.53 Å². The second-order valence-corrected chi connectivity index (χ2v) is 10.4. The predicted molar refractivity (Wildman–Crippen MR) is 148 cm³/mol. The highest BCUT2D eigenvalue weighted by Crippen LogP contribution is 2.42. The van der Waals surface area contributed by atoms with Crippen LogP contribution in [0.1, 0.15) is 6.42 Å². The minimum Gasteiger partial charge on any atom is -0.467 e. The topological polar surface area (TPSA) is 107 Å². The van der Waals surface area contributed by atoms with Gasteiger partial charge in [0.15, 0.2) is 10.9 Å². The van der Waals surface area contributed by atoms with Crippen LogP contribution in [0.5, 0.6) is 6.01 Å². The number of halogens is 3. The van der Waals surface area contributed by atoms with Gasteiger partial charge < -0.3 is 25.0 Å². The molecule has 1 atom stereocenters. The quantitative estimate of drug-likeness (QED) is 0.317. The van der Waals surface area contributed by atoms with Crippen LogP contribution < -0.4 is 15.4 Å². The zero-order valence-corrected chi connectivity index (χ0v) is 22.8. The molecular formula is C26H25ClF2N6O3S. The Kier molecular flexibility index (Phi) is 7.52. The summed E-state index contributed by atoms with van der Waals surface area (Å²) < 4.78 is 41.5. The molecule has 0 saturated carbocycles. The molecule has 2 aromatic heterocycles. The highest BCUT2D eigenvalue weighted by Gasteiger charge is 2.32. The molecular weight excluding hydrogens is 550 g/mol. The van der Waals surface area contributed by atoms with E-state index in [4.69, 9.17) is 26.8 Å². The van der Waals surface area contributed by atoms with Crippen molar-refractivity contribution >= 4 is 60.9 Å². The van der Waals surface area contributed by atoms with Crippen LogP contribution in [0.4, 0.5) is 19.7 Å². The molecule has 1 fully saturated rings. The summed E-state index contributed by atoms with van der Waals surface area (Å²) in [5, 5.41) is 0.593. The van der Waals surface area contributed by atoms with E-state index in [2.05, 4.69) is 21.5 Å². The van der Waals surface area contributed by atoms with Crippen LogP contribution in [0, 0.1) is 11.6 Å². The van der Waals surface area contributed by atoms with Gasteiger partial charge in [-0.3, -0.25) is 4.79 Å². The van der Waals surface area contributed by atoms with Gasteiger partial charge in [-0.25, -0.2) is 13.8 Å². The third kappa shape index (κ3) is 4.83. The lowest BCUT2D eigenvalue weighted by Gasteiger charge is -2.42. The number of nitrogen functional groups attached to an aromatic ring is 1. The molecule has 1 amide bonds. The van der Waals surface area contributed by atoms with Crippen LogP contribution in [0.25, 0.3) is 32.2 Å². The van der Waals surface area contributed by atoms with Gasteiger partial charge in [0.05, 0.1) is 28.4 Å². The smallest absolute Gasteiger partial charge is 0.318 e. The van der Waals surface area contributed by atoms with Crippen LogP contribution in [0.15, 0.2) is 30.9 Å². The summed E-state index contributed by atoms with van der Waals surface area (Å²) in [6.45, 7) is 5.30. The molecule has 5 rings (SSSR count). The number of carbonyl (C=O) groups excluding carboxylic acids is 1. The van der Waals surface area contributed by atoms with E-state index in [1.165, 1.54) is 25.3 Å². The molecule has 0 bridgehead atoms. The number of nitrogens with zero attached hydrogens (tertiary/aromatic N) is 5. The van der Waals surface area contributed by atoms with Gasteiger partial charge in [0.25, 0.3) is 0 Å². The number of amides is 1. The van der Waals surface area contributed by atoms with Gasteiger partial charge in [-0.05, 0) is 30.7 Å². The summed E-state index contributed by atoms with van der Waals surface area (Å²) in [5.74, 6) is -0.994. The van der Waals surface area contributed by atoms with Gasteiger partial charge in [-0.2, -0.15) is 9.97 Å². The van der Waals surface area contributed by atoms with Crippen LogP contribution >= 0.6 is 22.9 Å². The van der Waals surface area contributed by atoms with Crippen molar-refractivity contribution in [2.24, 2.45) is 0 Å². The van der Waals surface area contributed by atoms with Crippen LogP contribution in [0.3, 0.4) is 0 Å². The van der Waals surface area contributed by atoms with Crippen molar-refractivity contribution in [3.63, 3.8) is 0 Å². The zero-order chi connectivity index (χ0) is 27.8. The number of aromatic nitrogens is 3. The van der Waals surface area contributed by atoms with Crippen molar-refractivity contribution in [1.29, 1.82) is 0 Å². The molecule has 204 valence electrons. The number of hydrogen-bond acceptors (Lipinski definition) is 9. The fourth-order valence-electron chi connectivity index (χ4n) is 4.89. The molecule has 9 nitrogen and oxygen atoms in total. The van der Waals surface area contributed by atoms with Gasteiger partial charge in [0, 0.05) is 49.9 Å². The van der Waals surface area contributed by atoms with E-state index in [1.807, 2.05) is 4.90 Å². The Bertz CT molecular complexity index is 1600. The van der Waals surface area contributed by atoms with Crippen LogP contribution in [-0.4, -0.2) is 72.3 Å². The second kappa shape index (κ2) is 10.9. The summed E-state index contributed by atoms with van der Waals surface area (Å²) >= 11 is 7.65. The largest absolute Gasteiger partial charge is 0.467 e. The van der Waals surface area contributed by atoms with Crippen molar-refractivity contribution in [2.45, 2.75) is 12.5 Å². The molecule has 13 heteroatoms. The maximum atomic E-state index is 16.3. The average Bonchev–Trinajstić information content (AvgIpc) is 3.34. The SMILES string of the molecule is C=CC(=O)N1CCN(c2nc(OC)nc3c(F)c(-c4ccc(F)c5sc(N)nc45)c(Cl)cc23)CC1CCOC. The highest BCUT2D eigenvalue weighted by atomic mass is 35.5. The van der Waals surface area contributed by atoms with E-state index in [-0.39, 0.29) is 49.4 Å². The average molecular weight is 575 g/mol. The van der Waals surface area contributed by atoms with Gasteiger partial charge in [-0.1, -0.05) is 29.5 Å². The third-order valence-electron chi connectivity index (χ3n) is 6.70. The first-order chi connectivity index (χ1) is 18.8. The number of ether oxygens (including phenoxy) is 2. The molecule has 1 aliphatic heterocycles. The number of fused-ring (bicyclic) bond motifs is 2. The summed E-state index contributed by atoms with van der Waals surface area (Å²) in [7, 11) is 2.99. The maximum Gasteiger partial charge on any atom is 0.318 e. The number of piperazine rings is 1. The summed E-state index contributed by atoms with van der Waals surface area (Å²) in [5.41, 5.74) is 6.33. The first-order valence-corrected chi connectivity index (χ1v) is 13.2. The van der Waals surface area contributed by atoms with Gasteiger partial charge in [0.1, 0.15) is 17.2 Å². The van der Waals surface area contributed by atoms with E-state index in [1.54, 1.807) is 18.1 Å². The number of rotatable bonds is 7. The Morgan fingerprint density at radius 1 is 1.26 bits per heavy atom. The van der Waals surface area contributed by atoms with E-state index < -0.39 is 11.6 Å². The maximum absolute atomic E-state index is 16.3. The Morgan fingerprint density at radius 2 is 2.05 bits per heavy atom. The standard InChI is InChI=1S/C26H25ClF2N6O3S/c1-4-18(36)35-9-8-34(12-13(35)7-10-37-2)24-15-11-16(27)19(20(29)21(15)32-26(33-24)38-3)14-5-6-17(28)23-22(14)31-25(30)39-23/h4-6,11,13H,1,7-10,12H2,2-3H3,(H2,30,31). The summed E-state index contributed by atoms with van der Waals surface area (Å²) in [4.78, 5) is 29.2. The Hall–Kier alpha value is -3.61. The molecule has 4 aromatic rings. The summed E-state index contributed by atoms with van der Waals surface area (Å²) in [6.07, 6.45) is 1.88. The number of anilines is 2. The molecule has 0 spiro atoms. The Morgan fingerprint density at radius 3 is 2.77 bits per heavy atom. The van der Waals surface area contributed by atoms with Crippen molar-refractivity contribution in [3.8, 4) is 17.1 Å². The minimum atomic E-state index is -0.727. The van der Waals surface area contributed by atoms with E-state index in [9.17, 15) is 9.18 Å². The molecule has 39 heavy (non-hydrogen) atoms. The lowest BCUT2D eigenvalue weighted by molar-refractivity contribution is -0.129. The number of benzene rings is 2. The fourth-order valence-corrected chi connectivity index (χ4v) is 5.95. The first kappa shape index (κ1) is 27.0. The predicted octanol–water partition coefficient (Wildman–Crippen LogP) is 4.67. The van der Waals surface area contributed by atoms with Crippen molar-refractivity contribution < 1.29 is 23.0 Å². The number of hydrogen-bond donors (Lipinski definition) is 1. The molecule has 0 radical (unpaired) electrons. The van der Waals surface area contributed by atoms with E-state index in [0.29, 0.717) is 49.4 Å². The van der Waals surface area contributed by atoms with Crippen molar-refractivity contribution in [3.05, 3.63) is 47.5 Å². The van der Waals surface area contributed by atoms with Crippen molar-refractivity contribution in [2.75, 3.05) is 51.1 Å². The van der Waals surface area contributed by atoms with Gasteiger partial charge in [0.2, 0.25) is 5.91 Å². The number of carbonyl (C=O) groups is 1. The number of thiazole rings is 1. The molecule has 2 aromatic carbocycles. The normalized spacial score (nSPS) is 15.8. The third-order valence-corrected chi connectivity index (χ3v) is 7.89. The van der Waals surface area contributed by atoms with E-state index in [0.717, 1.165) is 11.3 Å². The Labute approximate surface area is 231 Å². The minimum absolute atomic E-state index is 0.0186. The van der Waals surface area contributed by atoms with Gasteiger partial charge in [-0.15, -0.1) is 0 Å². The number of nitrogens with two attached hydrogens (primary N) is 1. The lowest BCUT2D eigenvalue weighted by Crippen LogP contribution is -2.55. The van der Waals surface area contributed by atoms with Crippen molar-refractivity contribution in [1.82, 2.24) is 19.9 Å². The Balaban J connectivity index is 1.65. The van der Waals surface area contributed by atoms with E-state index >= 15 is 4.39 Å². The molecule has 0 aliphatic carbocycles.